The molecule has 2 N–H and O–H groups in total. The smallest absolute Gasteiger partial charge is 0.257 e. The predicted molar refractivity (Wildman–Crippen MR) is 99.2 cm³/mol. The Labute approximate surface area is 152 Å². The van der Waals surface area contributed by atoms with Gasteiger partial charge in [0.1, 0.15) is 17.3 Å². The van der Waals surface area contributed by atoms with Crippen LogP contribution in [-0.4, -0.2) is 44.4 Å². The summed E-state index contributed by atoms with van der Waals surface area (Å²) in [5, 5.41) is 6.06. The normalized spacial score (nSPS) is 16.2. The zero-order valence-corrected chi connectivity index (χ0v) is 15.0. The summed E-state index contributed by atoms with van der Waals surface area (Å²) in [6.07, 6.45) is 3.95. The molecule has 1 aliphatic heterocycles. The van der Waals surface area contributed by atoms with Crippen LogP contribution in [0, 0.1) is 0 Å². The van der Waals surface area contributed by atoms with E-state index in [4.69, 9.17) is 14.2 Å². The molecule has 0 spiro atoms. The second-order valence-corrected chi connectivity index (χ2v) is 5.97. The van der Waals surface area contributed by atoms with E-state index in [-0.39, 0.29) is 12.0 Å². The molecule has 1 aromatic carbocycles. The number of carbonyl (C=O) groups is 1. The number of pyridine rings is 1. The molecule has 0 bridgehead atoms. The summed E-state index contributed by atoms with van der Waals surface area (Å²) < 4.78 is 16.0. The lowest BCUT2D eigenvalue weighted by Gasteiger charge is -2.13. The van der Waals surface area contributed by atoms with Gasteiger partial charge in [-0.3, -0.25) is 4.79 Å². The number of nitrogens with one attached hydrogen (secondary N) is 2. The topological polar surface area (TPSA) is 81.7 Å². The van der Waals surface area contributed by atoms with Gasteiger partial charge in [-0.1, -0.05) is 0 Å². The Balaban J connectivity index is 1.61. The zero-order valence-electron chi connectivity index (χ0n) is 15.0. The first-order valence-electron chi connectivity index (χ1n) is 8.54. The van der Waals surface area contributed by atoms with E-state index in [1.165, 1.54) is 0 Å². The Morgan fingerprint density at radius 3 is 2.81 bits per heavy atom. The minimum absolute atomic E-state index is 0.238. The highest BCUT2D eigenvalue weighted by Gasteiger charge is 2.15. The maximum Gasteiger partial charge on any atom is 0.257 e. The van der Waals surface area contributed by atoms with Gasteiger partial charge in [-0.25, -0.2) is 4.98 Å². The molecule has 3 rings (SSSR count). The van der Waals surface area contributed by atoms with Crippen molar-refractivity contribution in [3.05, 3.63) is 42.1 Å². The molecule has 0 saturated carbocycles. The van der Waals surface area contributed by atoms with Gasteiger partial charge in [0.15, 0.2) is 0 Å². The van der Waals surface area contributed by atoms with Crippen molar-refractivity contribution in [2.45, 2.75) is 18.9 Å². The molecule has 0 radical (unpaired) electrons. The van der Waals surface area contributed by atoms with Crippen LogP contribution >= 0.6 is 0 Å². The number of ether oxygens (including phenoxy) is 3. The molecular formula is C19H23N3O4. The lowest BCUT2D eigenvalue weighted by Crippen LogP contribution is -2.19. The molecule has 2 heterocycles. The molecule has 26 heavy (non-hydrogen) atoms. The first-order valence-corrected chi connectivity index (χ1v) is 8.54. The van der Waals surface area contributed by atoms with Gasteiger partial charge in [-0.15, -0.1) is 0 Å². The van der Waals surface area contributed by atoms with Gasteiger partial charge >= 0.3 is 0 Å². The Kier molecular flexibility index (Phi) is 5.91. The third kappa shape index (κ3) is 4.43. The van der Waals surface area contributed by atoms with E-state index in [1.54, 1.807) is 50.7 Å². The van der Waals surface area contributed by atoms with E-state index in [9.17, 15) is 4.79 Å². The maximum atomic E-state index is 12.4. The summed E-state index contributed by atoms with van der Waals surface area (Å²) in [6.45, 7) is 1.55. The molecule has 1 fully saturated rings. The minimum Gasteiger partial charge on any atom is -0.497 e. The van der Waals surface area contributed by atoms with Crippen molar-refractivity contribution in [3.63, 3.8) is 0 Å². The quantitative estimate of drug-likeness (QED) is 0.793. The fourth-order valence-corrected chi connectivity index (χ4v) is 2.75. The first kappa shape index (κ1) is 18.0. The second-order valence-electron chi connectivity index (χ2n) is 5.97. The SMILES string of the molecule is COc1ccc(NC(=O)c2ccc(NCC3CCCO3)nc2)c(OC)c1. The van der Waals surface area contributed by atoms with Crippen molar-refractivity contribution in [1.82, 2.24) is 4.98 Å². The fourth-order valence-electron chi connectivity index (χ4n) is 2.75. The molecule has 1 saturated heterocycles. The van der Waals surface area contributed by atoms with Crippen molar-refractivity contribution in [2.75, 3.05) is 38.0 Å². The number of rotatable bonds is 7. The van der Waals surface area contributed by atoms with Crippen LogP contribution in [0.2, 0.25) is 0 Å². The van der Waals surface area contributed by atoms with Crippen LogP contribution in [0.1, 0.15) is 23.2 Å². The largest absolute Gasteiger partial charge is 0.497 e. The lowest BCUT2D eigenvalue weighted by molar-refractivity contribution is 0.102. The molecule has 1 atom stereocenters. The van der Waals surface area contributed by atoms with Crippen molar-refractivity contribution in [1.29, 1.82) is 0 Å². The van der Waals surface area contributed by atoms with Crippen LogP contribution in [0.4, 0.5) is 11.5 Å². The number of nitrogens with zero attached hydrogens (tertiary/aromatic N) is 1. The van der Waals surface area contributed by atoms with Gasteiger partial charge in [0.2, 0.25) is 0 Å². The fraction of sp³-hybridized carbons (Fsp3) is 0.368. The van der Waals surface area contributed by atoms with Crippen LogP contribution in [-0.2, 0) is 4.74 Å². The predicted octanol–water partition coefficient (Wildman–Crippen LogP) is 2.94. The van der Waals surface area contributed by atoms with Crippen LogP contribution in [0.5, 0.6) is 11.5 Å². The van der Waals surface area contributed by atoms with Crippen LogP contribution < -0.4 is 20.1 Å². The average Bonchev–Trinajstić information content (AvgIpc) is 3.20. The first-order chi connectivity index (χ1) is 12.7. The number of aromatic nitrogens is 1. The Morgan fingerprint density at radius 1 is 1.27 bits per heavy atom. The summed E-state index contributed by atoms with van der Waals surface area (Å²) in [5.41, 5.74) is 1.03. The molecule has 1 unspecified atom stereocenters. The van der Waals surface area contributed by atoms with Gasteiger partial charge in [-0.05, 0) is 37.1 Å². The van der Waals surface area contributed by atoms with Crippen molar-refractivity contribution >= 4 is 17.4 Å². The number of hydrogen-bond acceptors (Lipinski definition) is 6. The molecule has 138 valence electrons. The summed E-state index contributed by atoms with van der Waals surface area (Å²) in [6, 6.07) is 8.73. The summed E-state index contributed by atoms with van der Waals surface area (Å²) in [5.74, 6) is 1.65. The molecule has 7 heteroatoms. The van der Waals surface area contributed by atoms with E-state index >= 15 is 0 Å². The average molecular weight is 357 g/mol. The summed E-state index contributed by atoms with van der Waals surface area (Å²) in [7, 11) is 3.12. The van der Waals surface area contributed by atoms with E-state index in [2.05, 4.69) is 15.6 Å². The highest BCUT2D eigenvalue weighted by molar-refractivity contribution is 6.05. The molecule has 7 nitrogen and oxygen atoms in total. The van der Waals surface area contributed by atoms with Crippen LogP contribution in [0.15, 0.2) is 36.5 Å². The van der Waals surface area contributed by atoms with E-state index in [0.29, 0.717) is 22.7 Å². The number of amides is 1. The number of benzene rings is 1. The van der Waals surface area contributed by atoms with Gasteiger partial charge in [0.05, 0.1) is 31.6 Å². The lowest BCUT2D eigenvalue weighted by atomic mass is 10.2. The van der Waals surface area contributed by atoms with Gasteiger partial charge in [0, 0.05) is 25.4 Å². The monoisotopic (exact) mass is 357 g/mol. The molecule has 0 aliphatic carbocycles. The molecule has 1 aromatic heterocycles. The number of methoxy groups -OCH3 is 2. The number of anilines is 2. The van der Waals surface area contributed by atoms with Crippen LogP contribution in [0.25, 0.3) is 0 Å². The third-order valence-corrected chi connectivity index (χ3v) is 4.22. The number of carbonyl (C=O) groups excluding carboxylic acids is 1. The van der Waals surface area contributed by atoms with Gasteiger partial charge in [0.25, 0.3) is 5.91 Å². The highest BCUT2D eigenvalue weighted by Crippen LogP contribution is 2.29. The van der Waals surface area contributed by atoms with Gasteiger partial charge in [-0.2, -0.15) is 0 Å². The second kappa shape index (κ2) is 8.53. The Morgan fingerprint density at radius 2 is 2.15 bits per heavy atom. The third-order valence-electron chi connectivity index (χ3n) is 4.22. The van der Waals surface area contributed by atoms with E-state index < -0.39 is 0 Å². The maximum absolute atomic E-state index is 12.4. The highest BCUT2D eigenvalue weighted by atomic mass is 16.5. The molecule has 2 aromatic rings. The minimum atomic E-state index is -0.258. The van der Waals surface area contributed by atoms with Crippen molar-refractivity contribution in [3.8, 4) is 11.5 Å². The molecule has 1 amide bonds. The standard InChI is InChI=1S/C19H23N3O4/c1-24-14-6-7-16(17(10-14)25-2)22-19(23)13-5-8-18(20-11-13)21-12-15-4-3-9-26-15/h5-8,10-11,15H,3-4,9,12H2,1-2H3,(H,20,21)(H,22,23). The number of hydrogen-bond donors (Lipinski definition) is 2. The van der Waals surface area contributed by atoms with Gasteiger partial charge < -0.3 is 24.8 Å². The summed E-state index contributed by atoms with van der Waals surface area (Å²) >= 11 is 0. The van der Waals surface area contributed by atoms with E-state index in [1.807, 2.05) is 0 Å². The summed E-state index contributed by atoms with van der Waals surface area (Å²) in [4.78, 5) is 16.7. The van der Waals surface area contributed by atoms with Crippen molar-refractivity contribution < 1.29 is 19.0 Å². The molecular weight excluding hydrogens is 334 g/mol. The Bertz CT molecular complexity index is 743. The molecule has 1 aliphatic rings. The zero-order chi connectivity index (χ0) is 18.4. The van der Waals surface area contributed by atoms with Crippen molar-refractivity contribution in [2.24, 2.45) is 0 Å². The Hall–Kier alpha value is -2.80. The van der Waals surface area contributed by atoms with E-state index in [0.717, 1.165) is 31.8 Å². The van der Waals surface area contributed by atoms with Crippen LogP contribution in [0.3, 0.4) is 0 Å².